The van der Waals surface area contributed by atoms with Crippen molar-refractivity contribution in [3.8, 4) is 22.6 Å². The van der Waals surface area contributed by atoms with Crippen LogP contribution in [-0.2, 0) is 6.61 Å². The van der Waals surface area contributed by atoms with E-state index in [9.17, 15) is 0 Å². The SMILES string of the molecule is OCc1ccc(Oc2ccccc2-c2ccccc2)cc1. The zero-order valence-corrected chi connectivity index (χ0v) is 11.6. The summed E-state index contributed by atoms with van der Waals surface area (Å²) in [5.74, 6) is 1.58. The molecule has 1 N–H and O–H groups in total. The van der Waals surface area contributed by atoms with E-state index in [1.54, 1.807) is 0 Å². The van der Waals surface area contributed by atoms with Gasteiger partial charge in [-0.15, -0.1) is 0 Å². The average molecular weight is 276 g/mol. The molecule has 0 radical (unpaired) electrons. The maximum absolute atomic E-state index is 9.07. The van der Waals surface area contributed by atoms with Gasteiger partial charge in [0, 0.05) is 5.56 Å². The fourth-order valence-corrected chi connectivity index (χ4v) is 2.20. The van der Waals surface area contributed by atoms with Gasteiger partial charge in [0.25, 0.3) is 0 Å². The Balaban J connectivity index is 1.92. The first kappa shape index (κ1) is 13.4. The fourth-order valence-electron chi connectivity index (χ4n) is 2.20. The van der Waals surface area contributed by atoms with Gasteiger partial charge in [0.05, 0.1) is 6.61 Å². The minimum atomic E-state index is 0.0425. The van der Waals surface area contributed by atoms with Gasteiger partial charge in [-0.25, -0.2) is 0 Å². The minimum Gasteiger partial charge on any atom is -0.457 e. The van der Waals surface area contributed by atoms with Crippen molar-refractivity contribution in [1.82, 2.24) is 0 Å². The third-order valence-electron chi connectivity index (χ3n) is 3.31. The van der Waals surface area contributed by atoms with Gasteiger partial charge < -0.3 is 9.84 Å². The van der Waals surface area contributed by atoms with Crippen molar-refractivity contribution < 1.29 is 9.84 Å². The Labute approximate surface area is 124 Å². The Morgan fingerprint density at radius 2 is 1.38 bits per heavy atom. The van der Waals surface area contributed by atoms with Crippen molar-refractivity contribution in [2.24, 2.45) is 0 Å². The Hall–Kier alpha value is -2.58. The van der Waals surface area contributed by atoms with Crippen LogP contribution in [0.1, 0.15) is 5.56 Å². The Morgan fingerprint density at radius 3 is 2.10 bits per heavy atom. The molecule has 0 aromatic heterocycles. The molecular weight excluding hydrogens is 260 g/mol. The van der Waals surface area contributed by atoms with E-state index in [0.29, 0.717) is 0 Å². The lowest BCUT2D eigenvalue weighted by Crippen LogP contribution is -1.89. The van der Waals surface area contributed by atoms with Crippen LogP contribution in [-0.4, -0.2) is 5.11 Å². The summed E-state index contributed by atoms with van der Waals surface area (Å²) in [6.07, 6.45) is 0. The van der Waals surface area contributed by atoms with Gasteiger partial charge >= 0.3 is 0 Å². The molecule has 2 nitrogen and oxygen atoms in total. The molecule has 2 heteroatoms. The molecule has 104 valence electrons. The lowest BCUT2D eigenvalue weighted by molar-refractivity contribution is 0.281. The van der Waals surface area contributed by atoms with Crippen LogP contribution in [0, 0.1) is 0 Å². The molecule has 3 rings (SSSR count). The number of rotatable bonds is 4. The zero-order chi connectivity index (χ0) is 14.5. The quantitative estimate of drug-likeness (QED) is 0.752. The lowest BCUT2D eigenvalue weighted by atomic mass is 10.0. The predicted molar refractivity (Wildman–Crippen MR) is 84.3 cm³/mol. The molecule has 21 heavy (non-hydrogen) atoms. The zero-order valence-electron chi connectivity index (χ0n) is 11.6. The number of aliphatic hydroxyl groups is 1. The number of ether oxygens (including phenoxy) is 1. The number of benzene rings is 3. The third kappa shape index (κ3) is 3.12. The molecule has 3 aromatic rings. The van der Waals surface area contributed by atoms with E-state index in [-0.39, 0.29) is 6.61 Å². The summed E-state index contributed by atoms with van der Waals surface area (Å²) in [6.45, 7) is 0.0425. The summed E-state index contributed by atoms with van der Waals surface area (Å²) < 4.78 is 5.98. The smallest absolute Gasteiger partial charge is 0.135 e. The van der Waals surface area contributed by atoms with Gasteiger partial charge in [-0.2, -0.15) is 0 Å². The van der Waals surface area contributed by atoms with Crippen LogP contribution in [0.5, 0.6) is 11.5 Å². The van der Waals surface area contributed by atoms with Crippen molar-refractivity contribution in [1.29, 1.82) is 0 Å². The first-order valence-corrected chi connectivity index (χ1v) is 6.89. The van der Waals surface area contributed by atoms with Crippen LogP contribution in [0.4, 0.5) is 0 Å². The van der Waals surface area contributed by atoms with Crippen molar-refractivity contribution in [2.75, 3.05) is 0 Å². The molecule has 0 bridgehead atoms. The molecule has 0 saturated heterocycles. The van der Waals surface area contributed by atoms with Crippen LogP contribution in [0.2, 0.25) is 0 Å². The van der Waals surface area contributed by atoms with E-state index < -0.39 is 0 Å². The number of hydrogen-bond donors (Lipinski definition) is 1. The standard InChI is InChI=1S/C19H16O2/c20-14-15-10-12-17(13-11-15)21-19-9-5-4-8-18(19)16-6-2-1-3-7-16/h1-13,20H,14H2. The summed E-state index contributed by atoms with van der Waals surface area (Å²) in [5, 5.41) is 9.07. The number of hydrogen-bond acceptors (Lipinski definition) is 2. The molecule has 0 fully saturated rings. The van der Waals surface area contributed by atoms with Crippen LogP contribution < -0.4 is 4.74 Å². The fraction of sp³-hybridized carbons (Fsp3) is 0.0526. The molecule has 0 saturated carbocycles. The summed E-state index contributed by atoms with van der Waals surface area (Å²) in [6, 6.07) is 25.6. The summed E-state index contributed by atoms with van der Waals surface area (Å²) in [7, 11) is 0. The molecule has 0 atom stereocenters. The van der Waals surface area contributed by atoms with Crippen LogP contribution >= 0.6 is 0 Å². The second kappa shape index (κ2) is 6.25. The Morgan fingerprint density at radius 1 is 0.714 bits per heavy atom. The molecule has 0 unspecified atom stereocenters. The average Bonchev–Trinajstić information content (AvgIpc) is 2.57. The van der Waals surface area contributed by atoms with Crippen molar-refractivity contribution in [3.05, 3.63) is 84.4 Å². The van der Waals surface area contributed by atoms with Crippen molar-refractivity contribution in [2.45, 2.75) is 6.61 Å². The van der Waals surface area contributed by atoms with Crippen LogP contribution in [0.3, 0.4) is 0 Å². The summed E-state index contributed by atoms with van der Waals surface area (Å²) >= 11 is 0. The molecule has 0 aliphatic rings. The van der Waals surface area contributed by atoms with E-state index >= 15 is 0 Å². The molecule has 0 heterocycles. The lowest BCUT2D eigenvalue weighted by Gasteiger charge is -2.11. The first-order chi connectivity index (χ1) is 10.4. The molecule has 0 aliphatic heterocycles. The van der Waals surface area contributed by atoms with Gasteiger partial charge in [0.2, 0.25) is 0 Å². The Bertz CT molecular complexity index is 703. The third-order valence-corrected chi connectivity index (χ3v) is 3.31. The highest BCUT2D eigenvalue weighted by atomic mass is 16.5. The molecule has 3 aromatic carbocycles. The van der Waals surface area contributed by atoms with Crippen LogP contribution in [0.25, 0.3) is 11.1 Å². The maximum Gasteiger partial charge on any atom is 0.135 e. The van der Waals surface area contributed by atoms with E-state index in [0.717, 1.165) is 28.2 Å². The van der Waals surface area contributed by atoms with Gasteiger partial charge in [0.1, 0.15) is 11.5 Å². The van der Waals surface area contributed by atoms with Gasteiger partial charge in [0.15, 0.2) is 0 Å². The molecular formula is C19H16O2. The largest absolute Gasteiger partial charge is 0.457 e. The predicted octanol–water partition coefficient (Wildman–Crippen LogP) is 4.64. The molecule has 0 aliphatic carbocycles. The highest BCUT2D eigenvalue weighted by Gasteiger charge is 2.06. The van der Waals surface area contributed by atoms with E-state index in [2.05, 4.69) is 12.1 Å². The van der Waals surface area contributed by atoms with E-state index in [4.69, 9.17) is 9.84 Å². The number of para-hydroxylation sites is 1. The van der Waals surface area contributed by atoms with Crippen LogP contribution in [0.15, 0.2) is 78.9 Å². The second-order valence-electron chi connectivity index (χ2n) is 4.77. The highest BCUT2D eigenvalue weighted by molar-refractivity contribution is 5.70. The number of aliphatic hydroxyl groups excluding tert-OH is 1. The second-order valence-corrected chi connectivity index (χ2v) is 4.77. The summed E-state index contributed by atoms with van der Waals surface area (Å²) in [4.78, 5) is 0. The highest BCUT2D eigenvalue weighted by Crippen LogP contribution is 2.33. The van der Waals surface area contributed by atoms with Crippen molar-refractivity contribution in [3.63, 3.8) is 0 Å². The Kier molecular flexibility index (Phi) is 3.99. The monoisotopic (exact) mass is 276 g/mol. The first-order valence-electron chi connectivity index (χ1n) is 6.89. The van der Waals surface area contributed by atoms with Gasteiger partial charge in [-0.05, 0) is 29.3 Å². The van der Waals surface area contributed by atoms with E-state index in [1.165, 1.54) is 0 Å². The van der Waals surface area contributed by atoms with E-state index in [1.807, 2.05) is 66.7 Å². The molecule has 0 spiro atoms. The van der Waals surface area contributed by atoms with Gasteiger partial charge in [-0.3, -0.25) is 0 Å². The normalized spacial score (nSPS) is 10.3. The van der Waals surface area contributed by atoms with Gasteiger partial charge in [-0.1, -0.05) is 60.7 Å². The topological polar surface area (TPSA) is 29.5 Å². The maximum atomic E-state index is 9.07. The van der Waals surface area contributed by atoms with Crippen molar-refractivity contribution >= 4 is 0 Å². The minimum absolute atomic E-state index is 0.0425. The molecule has 0 amide bonds. The summed E-state index contributed by atoms with van der Waals surface area (Å²) in [5.41, 5.74) is 3.06.